The van der Waals surface area contributed by atoms with E-state index in [2.05, 4.69) is 193 Å². The fraction of sp³-hybridized carbons (Fsp3) is 0. The number of furan rings is 2. The Kier molecular flexibility index (Phi) is 7.82. The Morgan fingerprint density at radius 1 is 0.281 bits per heavy atom. The van der Waals surface area contributed by atoms with Gasteiger partial charge in [0.25, 0.3) is 0 Å². The molecule has 2 aromatic heterocycles. The van der Waals surface area contributed by atoms with Crippen molar-refractivity contribution in [2.45, 2.75) is 0 Å². The number of benzene rings is 9. The molecule has 0 N–H and O–H groups in total. The summed E-state index contributed by atoms with van der Waals surface area (Å²) in [4.78, 5) is 2.40. The lowest BCUT2D eigenvalue weighted by Gasteiger charge is -2.29. The van der Waals surface area contributed by atoms with Crippen molar-refractivity contribution in [2.75, 3.05) is 4.90 Å². The third-order valence-electron chi connectivity index (χ3n) is 11.1. The molecular weight excluding hydrogens is 695 g/mol. The molecule has 11 rings (SSSR count). The highest BCUT2D eigenvalue weighted by atomic mass is 16.3. The molecular formula is C54H35NO2. The van der Waals surface area contributed by atoms with Crippen molar-refractivity contribution in [3.8, 4) is 44.5 Å². The number of hydrogen-bond donors (Lipinski definition) is 0. The molecule has 3 heteroatoms. The highest BCUT2D eigenvalue weighted by Gasteiger charge is 2.23. The van der Waals surface area contributed by atoms with Crippen LogP contribution in [0.25, 0.3) is 88.4 Å². The van der Waals surface area contributed by atoms with Crippen molar-refractivity contribution in [3.63, 3.8) is 0 Å². The van der Waals surface area contributed by atoms with Crippen LogP contribution in [-0.4, -0.2) is 0 Å². The monoisotopic (exact) mass is 729 g/mol. The van der Waals surface area contributed by atoms with E-state index in [1.54, 1.807) is 0 Å². The average molecular weight is 730 g/mol. The van der Waals surface area contributed by atoms with Crippen LogP contribution in [0.1, 0.15) is 0 Å². The van der Waals surface area contributed by atoms with Crippen LogP contribution in [0.2, 0.25) is 0 Å². The van der Waals surface area contributed by atoms with E-state index in [0.29, 0.717) is 0 Å². The molecule has 268 valence electrons. The molecule has 57 heavy (non-hydrogen) atoms. The standard InChI is InChI=1S/C54H35NO2/c1-2-15-37(16-3-1)40-17-4-5-18-41(40)42-19-6-7-20-43(42)44-21-8-11-24-48(44)55(49-25-14-28-53-54(49)46-23-10-13-27-51(46)57-53)39-32-29-36(30-33-39)38-31-34-52-47(35-38)45-22-9-12-26-50(45)56-52/h1-35H. The number of nitrogens with zero attached hydrogens (tertiary/aromatic N) is 1. The molecule has 2 heterocycles. The maximum Gasteiger partial charge on any atom is 0.137 e. The summed E-state index contributed by atoms with van der Waals surface area (Å²) in [6.45, 7) is 0. The molecule has 0 spiro atoms. The summed E-state index contributed by atoms with van der Waals surface area (Å²) in [5.41, 5.74) is 16.0. The quantitative estimate of drug-likeness (QED) is 0.164. The van der Waals surface area contributed by atoms with Crippen molar-refractivity contribution in [1.29, 1.82) is 0 Å². The van der Waals surface area contributed by atoms with E-state index in [1.807, 2.05) is 24.3 Å². The average Bonchev–Trinajstić information content (AvgIpc) is 3.86. The van der Waals surface area contributed by atoms with Gasteiger partial charge in [0.2, 0.25) is 0 Å². The van der Waals surface area contributed by atoms with E-state index in [1.165, 1.54) is 22.3 Å². The molecule has 0 atom stereocenters. The number of fused-ring (bicyclic) bond motifs is 6. The Bertz CT molecular complexity index is 3240. The Morgan fingerprint density at radius 2 is 0.789 bits per heavy atom. The van der Waals surface area contributed by atoms with E-state index < -0.39 is 0 Å². The smallest absolute Gasteiger partial charge is 0.137 e. The highest BCUT2D eigenvalue weighted by molar-refractivity contribution is 6.14. The van der Waals surface area contributed by atoms with Crippen molar-refractivity contribution >= 4 is 60.9 Å². The zero-order valence-corrected chi connectivity index (χ0v) is 31.0. The van der Waals surface area contributed by atoms with Crippen LogP contribution < -0.4 is 4.90 Å². The Balaban J connectivity index is 1.11. The van der Waals surface area contributed by atoms with Crippen LogP contribution >= 0.6 is 0 Å². The minimum absolute atomic E-state index is 0.852. The van der Waals surface area contributed by atoms with Crippen LogP contribution in [0.5, 0.6) is 0 Å². The number of anilines is 3. The van der Waals surface area contributed by atoms with Gasteiger partial charge in [-0.2, -0.15) is 0 Å². The number of para-hydroxylation sites is 3. The summed E-state index contributed by atoms with van der Waals surface area (Å²) >= 11 is 0. The lowest BCUT2D eigenvalue weighted by Crippen LogP contribution is -2.11. The van der Waals surface area contributed by atoms with Crippen LogP contribution in [0.15, 0.2) is 221 Å². The highest BCUT2D eigenvalue weighted by Crippen LogP contribution is 2.48. The summed E-state index contributed by atoms with van der Waals surface area (Å²) in [5, 5.41) is 4.40. The van der Waals surface area contributed by atoms with Crippen molar-refractivity contribution < 1.29 is 8.83 Å². The number of rotatable bonds is 7. The molecule has 0 aliphatic heterocycles. The largest absolute Gasteiger partial charge is 0.456 e. The van der Waals surface area contributed by atoms with E-state index in [0.717, 1.165) is 83.2 Å². The zero-order valence-electron chi connectivity index (χ0n) is 31.0. The zero-order chi connectivity index (χ0) is 37.7. The number of hydrogen-bond acceptors (Lipinski definition) is 3. The second-order valence-electron chi connectivity index (χ2n) is 14.4. The van der Waals surface area contributed by atoms with Crippen LogP contribution in [0, 0.1) is 0 Å². The van der Waals surface area contributed by atoms with Crippen molar-refractivity contribution in [1.82, 2.24) is 0 Å². The van der Waals surface area contributed by atoms with Gasteiger partial charge in [-0.05, 0) is 93.5 Å². The van der Waals surface area contributed by atoms with Gasteiger partial charge in [-0.25, -0.2) is 0 Å². The van der Waals surface area contributed by atoms with Crippen LogP contribution in [-0.2, 0) is 0 Å². The van der Waals surface area contributed by atoms with E-state index in [4.69, 9.17) is 8.83 Å². The second-order valence-corrected chi connectivity index (χ2v) is 14.4. The Labute approximate surface area is 330 Å². The molecule has 0 saturated carbocycles. The first-order valence-corrected chi connectivity index (χ1v) is 19.3. The summed E-state index contributed by atoms with van der Waals surface area (Å²) in [7, 11) is 0. The van der Waals surface area contributed by atoms with E-state index in [-0.39, 0.29) is 0 Å². The lowest BCUT2D eigenvalue weighted by atomic mass is 9.88. The van der Waals surface area contributed by atoms with Crippen LogP contribution in [0.4, 0.5) is 17.1 Å². The lowest BCUT2D eigenvalue weighted by molar-refractivity contribution is 0.668. The Morgan fingerprint density at radius 3 is 1.56 bits per heavy atom. The van der Waals surface area contributed by atoms with Gasteiger partial charge in [0, 0.05) is 27.4 Å². The molecule has 0 radical (unpaired) electrons. The first-order chi connectivity index (χ1) is 28.3. The summed E-state index contributed by atoms with van der Waals surface area (Å²) < 4.78 is 12.6. The van der Waals surface area contributed by atoms with E-state index in [9.17, 15) is 0 Å². The third-order valence-corrected chi connectivity index (χ3v) is 11.1. The molecule has 0 fully saturated rings. The Hall–Kier alpha value is -7.62. The van der Waals surface area contributed by atoms with Gasteiger partial charge in [-0.15, -0.1) is 0 Å². The van der Waals surface area contributed by atoms with E-state index >= 15 is 0 Å². The van der Waals surface area contributed by atoms with Gasteiger partial charge in [-0.1, -0.05) is 158 Å². The summed E-state index contributed by atoms with van der Waals surface area (Å²) in [6.07, 6.45) is 0. The first-order valence-electron chi connectivity index (χ1n) is 19.3. The third kappa shape index (κ3) is 5.60. The van der Waals surface area contributed by atoms with Crippen molar-refractivity contribution in [3.05, 3.63) is 212 Å². The molecule has 0 aliphatic rings. The fourth-order valence-corrected chi connectivity index (χ4v) is 8.50. The molecule has 11 aromatic rings. The topological polar surface area (TPSA) is 29.5 Å². The van der Waals surface area contributed by atoms with Gasteiger partial charge in [0.15, 0.2) is 0 Å². The van der Waals surface area contributed by atoms with Gasteiger partial charge < -0.3 is 13.7 Å². The molecule has 0 amide bonds. The molecule has 0 saturated heterocycles. The minimum Gasteiger partial charge on any atom is -0.456 e. The maximum absolute atomic E-state index is 6.46. The van der Waals surface area contributed by atoms with Crippen molar-refractivity contribution in [2.24, 2.45) is 0 Å². The van der Waals surface area contributed by atoms with Gasteiger partial charge >= 0.3 is 0 Å². The molecule has 0 aliphatic carbocycles. The van der Waals surface area contributed by atoms with Gasteiger partial charge in [0.05, 0.1) is 16.8 Å². The molecule has 0 unspecified atom stereocenters. The molecule has 0 bridgehead atoms. The fourth-order valence-electron chi connectivity index (χ4n) is 8.50. The van der Waals surface area contributed by atoms with Gasteiger partial charge in [0.1, 0.15) is 22.3 Å². The molecule has 3 nitrogen and oxygen atoms in total. The predicted molar refractivity (Wildman–Crippen MR) is 237 cm³/mol. The first kappa shape index (κ1) is 32.8. The van der Waals surface area contributed by atoms with Gasteiger partial charge in [-0.3, -0.25) is 0 Å². The SMILES string of the molecule is c1ccc(-c2ccccc2-c2ccccc2-c2ccccc2N(c2ccc(-c3ccc4oc5ccccc5c4c3)cc2)c2cccc3oc4ccccc4c23)cc1. The second kappa shape index (κ2) is 13.6. The summed E-state index contributed by atoms with van der Waals surface area (Å²) in [6, 6.07) is 75.3. The predicted octanol–water partition coefficient (Wildman–Crippen LogP) is 15.6. The maximum atomic E-state index is 6.46. The normalized spacial score (nSPS) is 11.5. The summed E-state index contributed by atoms with van der Waals surface area (Å²) in [5.74, 6) is 0. The van der Waals surface area contributed by atoms with Crippen LogP contribution in [0.3, 0.4) is 0 Å². The molecule has 9 aromatic carbocycles. The minimum atomic E-state index is 0.852.